The Labute approximate surface area is 95.3 Å². The summed E-state index contributed by atoms with van der Waals surface area (Å²) < 4.78 is 10.4. The molecule has 0 aromatic rings. The van der Waals surface area contributed by atoms with E-state index in [4.69, 9.17) is 9.47 Å². The molecule has 0 unspecified atom stereocenters. The van der Waals surface area contributed by atoms with Crippen LogP contribution in [-0.2, 0) is 19.1 Å². The number of hydrogen-bond acceptors (Lipinski definition) is 4. The first-order valence-corrected chi connectivity index (χ1v) is 5.72. The van der Waals surface area contributed by atoms with Gasteiger partial charge in [0.15, 0.2) is 0 Å². The molecule has 1 heterocycles. The van der Waals surface area contributed by atoms with Crippen molar-refractivity contribution in [3.63, 3.8) is 0 Å². The number of rotatable bonds is 2. The molecule has 4 nitrogen and oxygen atoms in total. The molecule has 1 saturated carbocycles. The number of fused-ring (bicyclic) bond motifs is 2. The molecule has 2 aliphatic rings. The summed E-state index contributed by atoms with van der Waals surface area (Å²) in [4.78, 5) is 23.9. The minimum Gasteiger partial charge on any atom is -0.463 e. The van der Waals surface area contributed by atoms with E-state index in [1.807, 2.05) is 20.8 Å². The third-order valence-corrected chi connectivity index (χ3v) is 4.69. The van der Waals surface area contributed by atoms with Crippen molar-refractivity contribution >= 4 is 11.9 Å². The predicted octanol–water partition coefficient (Wildman–Crippen LogP) is 1.67. The van der Waals surface area contributed by atoms with Gasteiger partial charge in [0.1, 0.15) is 0 Å². The van der Waals surface area contributed by atoms with Crippen LogP contribution in [0.3, 0.4) is 0 Å². The second-order valence-electron chi connectivity index (χ2n) is 5.39. The summed E-state index contributed by atoms with van der Waals surface area (Å²) in [5.74, 6) is -0.661. The molecule has 0 amide bonds. The molecule has 2 atom stereocenters. The maximum Gasteiger partial charge on any atom is 0.351 e. The monoisotopic (exact) mass is 226 g/mol. The first kappa shape index (κ1) is 11.4. The van der Waals surface area contributed by atoms with E-state index in [-0.39, 0.29) is 5.97 Å². The first-order valence-electron chi connectivity index (χ1n) is 5.72. The lowest BCUT2D eigenvalue weighted by molar-refractivity contribution is -0.182. The topological polar surface area (TPSA) is 52.6 Å². The first-order chi connectivity index (χ1) is 7.32. The van der Waals surface area contributed by atoms with E-state index < -0.39 is 22.4 Å². The lowest BCUT2D eigenvalue weighted by Crippen LogP contribution is -2.48. The number of esters is 2. The highest BCUT2D eigenvalue weighted by molar-refractivity contribution is 5.93. The van der Waals surface area contributed by atoms with Gasteiger partial charge in [-0.1, -0.05) is 13.8 Å². The van der Waals surface area contributed by atoms with Crippen LogP contribution in [0.2, 0.25) is 0 Å². The molecule has 2 bridgehead atoms. The molecule has 0 N–H and O–H groups in total. The Balaban J connectivity index is 2.44. The molecule has 1 aliphatic carbocycles. The minimum atomic E-state index is -1.06. The lowest BCUT2D eigenvalue weighted by Gasteiger charge is -2.34. The SMILES string of the molecule is CCOC(=O)[C@@]12CC[C@@](C)(C(=O)O1)C2(C)C. The third kappa shape index (κ3) is 0.955. The van der Waals surface area contributed by atoms with Gasteiger partial charge in [-0.3, -0.25) is 4.79 Å². The Hall–Kier alpha value is -1.06. The number of carbonyl (C=O) groups excluding carboxylic acids is 2. The van der Waals surface area contributed by atoms with Crippen LogP contribution in [0.5, 0.6) is 0 Å². The summed E-state index contributed by atoms with van der Waals surface area (Å²) in [7, 11) is 0. The van der Waals surface area contributed by atoms with Gasteiger partial charge in [-0.05, 0) is 26.7 Å². The molecule has 4 heteroatoms. The molecule has 2 rings (SSSR count). The van der Waals surface area contributed by atoms with Crippen molar-refractivity contribution in [2.45, 2.75) is 46.1 Å². The van der Waals surface area contributed by atoms with E-state index in [2.05, 4.69) is 0 Å². The van der Waals surface area contributed by atoms with E-state index in [0.29, 0.717) is 19.4 Å². The largest absolute Gasteiger partial charge is 0.463 e. The molecule has 90 valence electrons. The van der Waals surface area contributed by atoms with Crippen LogP contribution >= 0.6 is 0 Å². The van der Waals surface area contributed by atoms with Gasteiger partial charge < -0.3 is 9.47 Å². The molecular formula is C12H18O4. The summed E-state index contributed by atoms with van der Waals surface area (Å²) >= 11 is 0. The normalized spacial score (nSPS) is 39.6. The average molecular weight is 226 g/mol. The highest BCUT2D eigenvalue weighted by Crippen LogP contribution is 2.65. The Bertz CT molecular complexity index is 360. The van der Waals surface area contributed by atoms with Crippen molar-refractivity contribution in [3.05, 3.63) is 0 Å². The summed E-state index contributed by atoms with van der Waals surface area (Å²) in [6.45, 7) is 7.78. The fraction of sp³-hybridized carbons (Fsp3) is 0.833. The van der Waals surface area contributed by atoms with Crippen LogP contribution in [0.25, 0.3) is 0 Å². The molecule has 0 spiro atoms. The third-order valence-electron chi connectivity index (χ3n) is 4.69. The van der Waals surface area contributed by atoms with E-state index in [1.54, 1.807) is 6.92 Å². The fourth-order valence-corrected chi connectivity index (χ4v) is 2.95. The van der Waals surface area contributed by atoms with Crippen LogP contribution in [0.4, 0.5) is 0 Å². The maximum absolute atomic E-state index is 12.0. The quantitative estimate of drug-likeness (QED) is 0.672. The standard InChI is InChI=1S/C12H18O4/c1-5-15-9(14)12-7-6-11(4,8(13)16-12)10(12,2)3/h5-7H2,1-4H3/t11-,12+/m0/s1. The van der Waals surface area contributed by atoms with Crippen LogP contribution in [0, 0.1) is 10.8 Å². The van der Waals surface area contributed by atoms with Crippen LogP contribution in [0.1, 0.15) is 40.5 Å². The Morgan fingerprint density at radius 2 is 2.00 bits per heavy atom. The van der Waals surface area contributed by atoms with E-state index >= 15 is 0 Å². The molecule has 1 aliphatic heterocycles. The molecule has 0 radical (unpaired) electrons. The molecule has 16 heavy (non-hydrogen) atoms. The van der Waals surface area contributed by atoms with Gasteiger partial charge in [-0.2, -0.15) is 0 Å². The zero-order valence-electron chi connectivity index (χ0n) is 10.3. The molecule has 1 saturated heterocycles. The smallest absolute Gasteiger partial charge is 0.351 e. The van der Waals surface area contributed by atoms with Crippen molar-refractivity contribution in [1.29, 1.82) is 0 Å². The van der Waals surface area contributed by atoms with Crippen LogP contribution < -0.4 is 0 Å². The molecule has 2 fully saturated rings. The summed E-state index contributed by atoms with van der Waals surface area (Å²) in [5.41, 5.74) is -2.11. The Morgan fingerprint density at radius 1 is 1.38 bits per heavy atom. The van der Waals surface area contributed by atoms with Crippen LogP contribution in [-0.4, -0.2) is 24.1 Å². The fourth-order valence-electron chi connectivity index (χ4n) is 2.95. The van der Waals surface area contributed by atoms with Gasteiger partial charge in [0.2, 0.25) is 5.60 Å². The van der Waals surface area contributed by atoms with Crippen molar-refractivity contribution in [2.24, 2.45) is 10.8 Å². The van der Waals surface area contributed by atoms with Crippen LogP contribution in [0.15, 0.2) is 0 Å². The van der Waals surface area contributed by atoms with Gasteiger partial charge in [-0.15, -0.1) is 0 Å². The van der Waals surface area contributed by atoms with Gasteiger partial charge in [-0.25, -0.2) is 4.79 Å². The van der Waals surface area contributed by atoms with Gasteiger partial charge >= 0.3 is 11.9 Å². The Kier molecular flexibility index (Phi) is 2.14. The summed E-state index contributed by atoms with van der Waals surface area (Å²) in [6, 6.07) is 0. The predicted molar refractivity (Wildman–Crippen MR) is 56.6 cm³/mol. The second kappa shape index (κ2) is 2.99. The second-order valence-corrected chi connectivity index (χ2v) is 5.39. The van der Waals surface area contributed by atoms with Crippen molar-refractivity contribution in [3.8, 4) is 0 Å². The highest BCUT2D eigenvalue weighted by atomic mass is 16.6. The Morgan fingerprint density at radius 3 is 2.38 bits per heavy atom. The van der Waals surface area contributed by atoms with E-state index in [9.17, 15) is 9.59 Å². The average Bonchev–Trinajstić information content (AvgIpc) is 2.48. The summed E-state index contributed by atoms with van der Waals surface area (Å²) in [5, 5.41) is 0. The molecule has 0 aromatic heterocycles. The van der Waals surface area contributed by atoms with Gasteiger partial charge in [0.05, 0.1) is 12.0 Å². The summed E-state index contributed by atoms with van der Waals surface area (Å²) in [6.07, 6.45) is 1.26. The zero-order chi connectivity index (χ0) is 12.2. The van der Waals surface area contributed by atoms with Crippen molar-refractivity contribution in [1.82, 2.24) is 0 Å². The molecular weight excluding hydrogens is 208 g/mol. The number of carbonyl (C=O) groups is 2. The van der Waals surface area contributed by atoms with E-state index in [1.165, 1.54) is 0 Å². The lowest BCUT2D eigenvalue weighted by atomic mass is 9.66. The zero-order valence-corrected chi connectivity index (χ0v) is 10.3. The van der Waals surface area contributed by atoms with E-state index in [0.717, 1.165) is 0 Å². The highest BCUT2D eigenvalue weighted by Gasteiger charge is 2.76. The minimum absolute atomic E-state index is 0.267. The number of ether oxygens (including phenoxy) is 2. The number of hydrogen-bond donors (Lipinski definition) is 0. The van der Waals surface area contributed by atoms with Crippen molar-refractivity contribution < 1.29 is 19.1 Å². The van der Waals surface area contributed by atoms with Gasteiger partial charge in [0.25, 0.3) is 0 Å². The van der Waals surface area contributed by atoms with Gasteiger partial charge in [0, 0.05) is 5.41 Å². The molecule has 0 aromatic carbocycles. The van der Waals surface area contributed by atoms with Crippen molar-refractivity contribution in [2.75, 3.05) is 6.61 Å². The maximum atomic E-state index is 12.0.